The van der Waals surface area contributed by atoms with E-state index in [-0.39, 0.29) is 0 Å². The van der Waals surface area contributed by atoms with Crippen LogP contribution >= 0.6 is 0 Å². The van der Waals surface area contributed by atoms with Gasteiger partial charge in [-0.25, -0.2) is 0 Å². The standard InChI is InChI=1S/C17H25NO/c1-4-18-15(14-11-17(14,2)3)13-9-5-7-12-8-6-10-19-16(12)13/h5,7,9,14-15,18H,4,6,8,10-11H2,1-3H3. The second-order valence-electron chi connectivity index (χ2n) is 6.62. The SMILES string of the molecule is CCNC(c1cccc2c1OCCC2)C1CC1(C)C. The third-order valence-electron chi connectivity index (χ3n) is 4.72. The van der Waals surface area contributed by atoms with Gasteiger partial charge >= 0.3 is 0 Å². The van der Waals surface area contributed by atoms with Crippen LogP contribution in [0.1, 0.15) is 50.8 Å². The predicted octanol–water partition coefficient (Wildman–Crippen LogP) is 3.71. The smallest absolute Gasteiger partial charge is 0.127 e. The molecule has 0 spiro atoms. The van der Waals surface area contributed by atoms with Crippen molar-refractivity contribution in [3.8, 4) is 5.75 Å². The summed E-state index contributed by atoms with van der Waals surface area (Å²) in [5.74, 6) is 1.91. The van der Waals surface area contributed by atoms with Crippen molar-refractivity contribution in [3.63, 3.8) is 0 Å². The Morgan fingerprint density at radius 1 is 1.42 bits per heavy atom. The second-order valence-corrected chi connectivity index (χ2v) is 6.62. The first kappa shape index (κ1) is 13.0. The van der Waals surface area contributed by atoms with Crippen molar-refractivity contribution < 1.29 is 4.74 Å². The van der Waals surface area contributed by atoms with Crippen LogP contribution < -0.4 is 10.1 Å². The van der Waals surface area contributed by atoms with Gasteiger partial charge in [0.1, 0.15) is 5.75 Å². The second kappa shape index (κ2) is 4.82. The number of nitrogens with one attached hydrogen (secondary N) is 1. The molecule has 1 aliphatic carbocycles. The topological polar surface area (TPSA) is 21.3 Å². The Bertz CT molecular complexity index is 466. The summed E-state index contributed by atoms with van der Waals surface area (Å²) in [7, 11) is 0. The monoisotopic (exact) mass is 259 g/mol. The van der Waals surface area contributed by atoms with Crippen molar-refractivity contribution in [3.05, 3.63) is 29.3 Å². The molecule has 1 fully saturated rings. The van der Waals surface area contributed by atoms with Gasteiger partial charge in [0.2, 0.25) is 0 Å². The Hall–Kier alpha value is -1.02. The lowest BCUT2D eigenvalue weighted by atomic mass is 9.92. The van der Waals surface area contributed by atoms with Crippen LogP contribution in [0.25, 0.3) is 0 Å². The summed E-state index contributed by atoms with van der Waals surface area (Å²) in [6.07, 6.45) is 3.63. The van der Waals surface area contributed by atoms with Crippen LogP contribution in [0.15, 0.2) is 18.2 Å². The number of hydrogen-bond donors (Lipinski definition) is 1. The zero-order chi connectivity index (χ0) is 13.5. The molecule has 0 amide bonds. The molecule has 0 radical (unpaired) electrons. The molecule has 1 aromatic rings. The molecule has 1 saturated carbocycles. The number of fused-ring (bicyclic) bond motifs is 1. The van der Waals surface area contributed by atoms with Crippen molar-refractivity contribution in [1.82, 2.24) is 5.32 Å². The lowest BCUT2D eigenvalue weighted by molar-refractivity contribution is 0.278. The van der Waals surface area contributed by atoms with E-state index in [4.69, 9.17) is 4.74 Å². The minimum Gasteiger partial charge on any atom is -0.493 e. The van der Waals surface area contributed by atoms with E-state index in [2.05, 4.69) is 44.3 Å². The molecule has 1 aliphatic heterocycles. The lowest BCUT2D eigenvalue weighted by Gasteiger charge is -2.26. The highest BCUT2D eigenvalue weighted by atomic mass is 16.5. The van der Waals surface area contributed by atoms with E-state index in [0.717, 1.165) is 31.9 Å². The quantitative estimate of drug-likeness (QED) is 0.890. The lowest BCUT2D eigenvalue weighted by Crippen LogP contribution is -2.26. The van der Waals surface area contributed by atoms with Crippen LogP contribution in [0.3, 0.4) is 0 Å². The van der Waals surface area contributed by atoms with Crippen LogP contribution in [0.5, 0.6) is 5.75 Å². The van der Waals surface area contributed by atoms with Crippen LogP contribution in [-0.4, -0.2) is 13.2 Å². The van der Waals surface area contributed by atoms with Gasteiger partial charge in [0, 0.05) is 11.6 Å². The number of benzene rings is 1. The summed E-state index contributed by atoms with van der Waals surface area (Å²) in [6, 6.07) is 7.13. The van der Waals surface area contributed by atoms with Gasteiger partial charge in [-0.3, -0.25) is 0 Å². The maximum atomic E-state index is 5.99. The summed E-state index contributed by atoms with van der Waals surface area (Å²) in [6.45, 7) is 8.83. The molecule has 2 aliphatic rings. The first-order valence-electron chi connectivity index (χ1n) is 7.61. The number of para-hydroxylation sites is 1. The molecular weight excluding hydrogens is 234 g/mol. The molecule has 104 valence electrons. The van der Waals surface area contributed by atoms with Crippen LogP contribution in [0.2, 0.25) is 0 Å². The normalized spacial score (nSPS) is 25.3. The van der Waals surface area contributed by atoms with Gasteiger partial charge in [-0.05, 0) is 42.7 Å². The molecular formula is C17H25NO. The maximum absolute atomic E-state index is 5.99. The van der Waals surface area contributed by atoms with Gasteiger partial charge in [0.05, 0.1) is 6.61 Å². The van der Waals surface area contributed by atoms with Gasteiger partial charge in [0.15, 0.2) is 0 Å². The fraction of sp³-hybridized carbons (Fsp3) is 0.647. The molecule has 19 heavy (non-hydrogen) atoms. The largest absolute Gasteiger partial charge is 0.493 e. The highest BCUT2D eigenvalue weighted by molar-refractivity contribution is 5.45. The molecule has 1 heterocycles. The zero-order valence-corrected chi connectivity index (χ0v) is 12.3. The van der Waals surface area contributed by atoms with Crippen molar-refractivity contribution in [2.75, 3.05) is 13.2 Å². The van der Waals surface area contributed by atoms with E-state index in [9.17, 15) is 0 Å². The van der Waals surface area contributed by atoms with Crippen molar-refractivity contribution in [1.29, 1.82) is 0 Å². The van der Waals surface area contributed by atoms with Crippen LogP contribution in [0.4, 0.5) is 0 Å². The molecule has 0 saturated heterocycles. The van der Waals surface area contributed by atoms with Crippen LogP contribution in [-0.2, 0) is 6.42 Å². The summed E-state index contributed by atoms with van der Waals surface area (Å²) in [5, 5.41) is 3.69. The molecule has 0 bridgehead atoms. The number of rotatable bonds is 4. The van der Waals surface area contributed by atoms with Gasteiger partial charge in [-0.15, -0.1) is 0 Å². The van der Waals surface area contributed by atoms with E-state index in [1.807, 2.05) is 0 Å². The molecule has 0 aromatic heterocycles. The van der Waals surface area contributed by atoms with E-state index in [1.165, 1.54) is 23.3 Å². The molecule has 2 atom stereocenters. The molecule has 1 N–H and O–H groups in total. The Morgan fingerprint density at radius 3 is 2.89 bits per heavy atom. The van der Waals surface area contributed by atoms with Crippen LogP contribution in [0, 0.1) is 11.3 Å². The molecule has 3 rings (SSSR count). The summed E-state index contributed by atoms with van der Waals surface area (Å²) >= 11 is 0. The summed E-state index contributed by atoms with van der Waals surface area (Å²) in [5.41, 5.74) is 3.25. The predicted molar refractivity (Wildman–Crippen MR) is 78.6 cm³/mol. The minimum absolute atomic E-state index is 0.452. The highest BCUT2D eigenvalue weighted by Gasteiger charge is 2.50. The summed E-state index contributed by atoms with van der Waals surface area (Å²) in [4.78, 5) is 0. The number of ether oxygens (including phenoxy) is 1. The minimum atomic E-state index is 0.452. The van der Waals surface area contributed by atoms with E-state index >= 15 is 0 Å². The Labute approximate surface area is 116 Å². The number of hydrogen-bond acceptors (Lipinski definition) is 2. The van der Waals surface area contributed by atoms with Crippen molar-refractivity contribution >= 4 is 0 Å². The Morgan fingerprint density at radius 2 is 2.21 bits per heavy atom. The third-order valence-corrected chi connectivity index (χ3v) is 4.72. The zero-order valence-electron chi connectivity index (χ0n) is 12.3. The summed E-state index contributed by atoms with van der Waals surface area (Å²) < 4.78 is 5.99. The fourth-order valence-electron chi connectivity index (χ4n) is 3.43. The number of aryl methyl sites for hydroxylation is 1. The average molecular weight is 259 g/mol. The average Bonchev–Trinajstić information content (AvgIpc) is 3.04. The Kier molecular flexibility index (Phi) is 3.30. The fourth-order valence-corrected chi connectivity index (χ4v) is 3.43. The van der Waals surface area contributed by atoms with Crippen molar-refractivity contribution in [2.45, 2.75) is 46.1 Å². The molecule has 2 heteroatoms. The maximum Gasteiger partial charge on any atom is 0.127 e. The molecule has 2 nitrogen and oxygen atoms in total. The van der Waals surface area contributed by atoms with E-state index < -0.39 is 0 Å². The van der Waals surface area contributed by atoms with Gasteiger partial charge in [0.25, 0.3) is 0 Å². The third kappa shape index (κ3) is 2.38. The van der Waals surface area contributed by atoms with E-state index in [1.54, 1.807) is 0 Å². The van der Waals surface area contributed by atoms with Gasteiger partial charge < -0.3 is 10.1 Å². The van der Waals surface area contributed by atoms with Gasteiger partial charge in [-0.2, -0.15) is 0 Å². The first-order valence-corrected chi connectivity index (χ1v) is 7.61. The van der Waals surface area contributed by atoms with Gasteiger partial charge in [-0.1, -0.05) is 39.0 Å². The molecule has 2 unspecified atom stereocenters. The molecule has 1 aromatic carbocycles. The first-order chi connectivity index (χ1) is 9.13. The highest BCUT2D eigenvalue weighted by Crippen LogP contribution is 2.58. The van der Waals surface area contributed by atoms with E-state index in [0.29, 0.717) is 11.5 Å². The Balaban J connectivity index is 1.94. The van der Waals surface area contributed by atoms with Crippen molar-refractivity contribution in [2.24, 2.45) is 11.3 Å².